The first-order chi connectivity index (χ1) is 9.79. The van der Waals surface area contributed by atoms with E-state index in [1.807, 2.05) is 6.92 Å². The Balaban J connectivity index is 2.86. The molecule has 0 aromatic carbocycles. The molecule has 0 aromatic heterocycles. The highest BCUT2D eigenvalue weighted by molar-refractivity contribution is 5.87. The van der Waals surface area contributed by atoms with Crippen LogP contribution in [0.15, 0.2) is 0 Å². The maximum absolute atomic E-state index is 12.6. The second kappa shape index (κ2) is 7.28. The van der Waals surface area contributed by atoms with Crippen molar-refractivity contribution in [3.63, 3.8) is 0 Å². The van der Waals surface area contributed by atoms with Crippen LogP contribution in [0.5, 0.6) is 0 Å². The van der Waals surface area contributed by atoms with Crippen LogP contribution in [0, 0.1) is 5.92 Å². The average Bonchev–Trinajstić information content (AvgIpc) is 2.42. The van der Waals surface area contributed by atoms with Crippen molar-refractivity contribution in [2.45, 2.75) is 32.7 Å². The quantitative estimate of drug-likeness (QED) is 0.828. The van der Waals surface area contributed by atoms with Crippen LogP contribution in [0.2, 0.25) is 0 Å². The number of hydrogen-bond acceptors (Lipinski definition) is 3. The molecule has 7 heteroatoms. The number of amides is 3. The predicted molar refractivity (Wildman–Crippen MR) is 77.9 cm³/mol. The van der Waals surface area contributed by atoms with Gasteiger partial charge in [-0.3, -0.25) is 4.79 Å². The van der Waals surface area contributed by atoms with Crippen molar-refractivity contribution in [3.05, 3.63) is 0 Å². The van der Waals surface area contributed by atoms with E-state index >= 15 is 0 Å². The van der Waals surface area contributed by atoms with E-state index in [-0.39, 0.29) is 24.4 Å². The summed E-state index contributed by atoms with van der Waals surface area (Å²) < 4.78 is 0. The molecule has 1 saturated heterocycles. The van der Waals surface area contributed by atoms with Crippen molar-refractivity contribution >= 4 is 17.9 Å². The van der Waals surface area contributed by atoms with E-state index in [1.165, 1.54) is 14.7 Å². The summed E-state index contributed by atoms with van der Waals surface area (Å²) in [7, 11) is 3.26. The first kappa shape index (κ1) is 17.3. The number of piperidine rings is 1. The van der Waals surface area contributed by atoms with E-state index in [2.05, 4.69) is 0 Å². The Morgan fingerprint density at radius 2 is 1.90 bits per heavy atom. The smallest absolute Gasteiger partial charge is 0.326 e. The van der Waals surface area contributed by atoms with E-state index < -0.39 is 12.0 Å². The Kier molecular flexibility index (Phi) is 5.99. The minimum atomic E-state index is -0.981. The Morgan fingerprint density at radius 1 is 1.29 bits per heavy atom. The Morgan fingerprint density at radius 3 is 2.38 bits per heavy atom. The van der Waals surface area contributed by atoms with E-state index in [0.29, 0.717) is 13.1 Å². The highest BCUT2D eigenvalue weighted by Gasteiger charge is 2.38. The average molecular weight is 299 g/mol. The number of hydrogen-bond donors (Lipinski definition) is 1. The predicted octanol–water partition coefficient (Wildman–Crippen LogP) is 0.702. The SMILES string of the molecule is CCN(CC(=O)N(C)C)C(=O)N1CCCC(C)C1C(=O)O. The number of urea groups is 1. The number of carbonyl (C=O) groups is 3. The van der Waals surface area contributed by atoms with Gasteiger partial charge in [0.15, 0.2) is 0 Å². The number of likely N-dealkylation sites (tertiary alicyclic amines) is 1. The minimum absolute atomic E-state index is 0.0282. The Labute approximate surface area is 125 Å². The van der Waals surface area contributed by atoms with E-state index in [4.69, 9.17) is 0 Å². The molecular weight excluding hydrogens is 274 g/mol. The molecule has 3 amide bonds. The van der Waals surface area contributed by atoms with E-state index in [1.54, 1.807) is 21.0 Å². The molecular formula is C14H25N3O4. The zero-order valence-corrected chi connectivity index (χ0v) is 13.2. The maximum atomic E-state index is 12.6. The molecule has 0 aromatic rings. The van der Waals surface area contributed by atoms with Gasteiger partial charge in [0.2, 0.25) is 5.91 Å². The summed E-state index contributed by atoms with van der Waals surface area (Å²) in [6, 6.07) is -1.18. The molecule has 21 heavy (non-hydrogen) atoms. The van der Waals surface area contributed by atoms with Gasteiger partial charge >= 0.3 is 12.0 Å². The highest BCUT2D eigenvalue weighted by Crippen LogP contribution is 2.24. The summed E-state index contributed by atoms with van der Waals surface area (Å²) in [6.07, 6.45) is 1.58. The Bertz CT molecular complexity index is 411. The lowest BCUT2D eigenvalue weighted by Gasteiger charge is -2.39. The van der Waals surface area contributed by atoms with Gasteiger partial charge < -0.3 is 19.8 Å². The van der Waals surface area contributed by atoms with Crippen molar-refractivity contribution in [2.24, 2.45) is 5.92 Å². The molecule has 1 aliphatic heterocycles. The second-order valence-electron chi connectivity index (χ2n) is 5.68. The van der Waals surface area contributed by atoms with Gasteiger partial charge in [-0.05, 0) is 25.7 Å². The van der Waals surface area contributed by atoms with Crippen molar-refractivity contribution in [2.75, 3.05) is 33.7 Å². The molecule has 0 saturated carbocycles. The van der Waals surface area contributed by atoms with E-state index in [0.717, 1.165) is 12.8 Å². The minimum Gasteiger partial charge on any atom is -0.480 e. The summed E-state index contributed by atoms with van der Waals surface area (Å²) in [5, 5.41) is 9.36. The summed E-state index contributed by atoms with van der Waals surface area (Å²) in [4.78, 5) is 40.0. The second-order valence-corrected chi connectivity index (χ2v) is 5.68. The van der Waals surface area contributed by atoms with Crippen LogP contribution in [-0.2, 0) is 9.59 Å². The van der Waals surface area contributed by atoms with Gasteiger partial charge in [-0.15, -0.1) is 0 Å². The zero-order chi connectivity index (χ0) is 16.2. The molecule has 7 nitrogen and oxygen atoms in total. The first-order valence-corrected chi connectivity index (χ1v) is 7.28. The molecule has 1 rings (SSSR count). The monoisotopic (exact) mass is 299 g/mol. The molecule has 0 aliphatic carbocycles. The van der Waals surface area contributed by atoms with Crippen LogP contribution in [-0.4, -0.2) is 77.5 Å². The molecule has 1 fully saturated rings. The highest BCUT2D eigenvalue weighted by atomic mass is 16.4. The molecule has 0 spiro atoms. The van der Waals surface area contributed by atoms with Crippen LogP contribution in [0.3, 0.4) is 0 Å². The molecule has 2 atom stereocenters. The van der Waals surface area contributed by atoms with Crippen LogP contribution in [0.4, 0.5) is 4.79 Å². The standard InChI is InChI=1S/C14H25N3O4/c1-5-16(9-11(18)15(3)4)14(21)17-8-6-7-10(2)12(17)13(19)20/h10,12H,5-9H2,1-4H3,(H,19,20). The summed E-state index contributed by atoms with van der Waals surface area (Å²) >= 11 is 0. The van der Waals surface area contributed by atoms with Crippen molar-refractivity contribution in [3.8, 4) is 0 Å². The van der Waals surface area contributed by atoms with Crippen LogP contribution < -0.4 is 0 Å². The fraction of sp³-hybridized carbons (Fsp3) is 0.786. The van der Waals surface area contributed by atoms with Gasteiger partial charge in [0.25, 0.3) is 0 Å². The van der Waals surface area contributed by atoms with Crippen LogP contribution in [0.1, 0.15) is 26.7 Å². The third-order valence-electron chi connectivity index (χ3n) is 3.91. The molecule has 0 radical (unpaired) electrons. The van der Waals surface area contributed by atoms with Crippen LogP contribution >= 0.6 is 0 Å². The fourth-order valence-electron chi connectivity index (χ4n) is 2.58. The number of carbonyl (C=O) groups excluding carboxylic acids is 2. The van der Waals surface area contributed by atoms with E-state index in [9.17, 15) is 19.5 Å². The largest absolute Gasteiger partial charge is 0.480 e. The van der Waals surface area contributed by atoms with Gasteiger partial charge in [0.1, 0.15) is 12.6 Å². The topological polar surface area (TPSA) is 81.2 Å². The number of nitrogens with zero attached hydrogens (tertiary/aromatic N) is 3. The molecule has 1 heterocycles. The molecule has 120 valence electrons. The number of rotatable bonds is 4. The summed E-state index contributed by atoms with van der Waals surface area (Å²) in [5.41, 5.74) is 0. The Hall–Kier alpha value is -1.79. The number of carboxylic acids is 1. The first-order valence-electron chi connectivity index (χ1n) is 7.28. The third-order valence-corrected chi connectivity index (χ3v) is 3.91. The lowest BCUT2D eigenvalue weighted by molar-refractivity contribution is -0.145. The molecule has 0 bridgehead atoms. The van der Waals surface area contributed by atoms with Crippen molar-refractivity contribution in [1.82, 2.24) is 14.7 Å². The van der Waals surface area contributed by atoms with Gasteiger partial charge in [-0.1, -0.05) is 6.92 Å². The van der Waals surface area contributed by atoms with Gasteiger partial charge in [0.05, 0.1) is 0 Å². The third kappa shape index (κ3) is 4.09. The molecule has 1 aliphatic rings. The maximum Gasteiger partial charge on any atom is 0.326 e. The van der Waals surface area contributed by atoms with Gasteiger partial charge in [-0.2, -0.15) is 0 Å². The van der Waals surface area contributed by atoms with Gasteiger partial charge in [-0.25, -0.2) is 9.59 Å². The van der Waals surface area contributed by atoms with Crippen LogP contribution in [0.25, 0.3) is 0 Å². The fourth-order valence-corrected chi connectivity index (χ4v) is 2.58. The van der Waals surface area contributed by atoms with Gasteiger partial charge in [0, 0.05) is 27.2 Å². The lowest BCUT2D eigenvalue weighted by atomic mass is 9.91. The van der Waals surface area contributed by atoms with Crippen molar-refractivity contribution < 1.29 is 19.5 Å². The number of aliphatic carboxylic acids is 1. The number of likely N-dealkylation sites (N-methyl/N-ethyl adjacent to an activating group) is 2. The molecule has 1 N–H and O–H groups in total. The summed E-state index contributed by atoms with van der Waals surface area (Å²) in [6.45, 7) is 4.39. The summed E-state index contributed by atoms with van der Waals surface area (Å²) in [5.74, 6) is -1.24. The lowest BCUT2D eigenvalue weighted by Crippen LogP contribution is -2.57. The van der Waals surface area contributed by atoms with Crippen molar-refractivity contribution in [1.29, 1.82) is 0 Å². The zero-order valence-electron chi connectivity index (χ0n) is 13.2. The molecule has 2 unspecified atom stereocenters. The normalized spacial score (nSPS) is 21.8. The number of carboxylic acid groups (broad SMARTS) is 1.